The molecule has 2 atom stereocenters. The standard InChI is InChI=1S/C14H20ClNS/c1-11(5-4-8-15)16-9-12-10-17-14-7-3-2-6-13(12)14/h2-3,6-7,11-12,16H,4-5,8-10H2,1H3. The summed E-state index contributed by atoms with van der Waals surface area (Å²) in [6.07, 6.45) is 2.27. The maximum atomic E-state index is 5.71. The van der Waals surface area contributed by atoms with Gasteiger partial charge in [-0.1, -0.05) is 18.2 Å². The van der Waals surface area contributed by atoms with E-state index in [1.807, 2.05) is 11.8 Å². The third-order valence-electron chi connectivity index (χ3n) is 3.28. The molecule has 3 heteroatoms. The fourth-order valence-corrected chi connectivity index (χ4v) is 3.64. The fourth-order valence-electron chi connectivity index (χ4n) is 2.23. The first kappa shape index (κ1) is 13.3. The first-order chi connectivity index (χ1) is 8.31. The van der Waals surface area contributed by atoms with Gasteiger partial charge in [-0.15, -0.1) is 23.4 Å². The van der Waals surface area contributed by atoms with E-state index in [4.69, 9.17) is 11.6 Å². The summed E-state index contributed by atoms with van der Waals surface area (Å²) in [4.78, 5) is 1.47. The third kappa shape index (κ3) is 3.64. The fraction of sp³-hybridized carbons (Fsp3) is 0.571. The van der Waals surface area contributed by atoms with Crippen molar-refractivity contribution in [2.24, 2.45) is 0 Å². The smallest absolute Gasteiger partial charge is 0.0224 e. The lowest BCUT2D eigenvalue weighted by molar-refractivity contribution is 0.491. The van der Waals surface area contributed by atoms with Crippen LogP contribution in [0.1, 0.15) is 31.2 Å². The minimum atomic E-state index is 0.575. The summed E-state index contributed by atoms with van der Waals surface area (Å²) in [5.41, 5.74) is 1.52. The lowest BCUT2D eigenvalue weighted by Gasteiger charge is -2.17. The van der Waals surface area contributed by atoms with Crippen LogP contribution in [0.25, 0.3) is 0 Å². The number of rotatable bonds is 6. The lowest BCUT2D eigenvalue weighted by atomic mass is 10.0. The number of alkyl halides is 1. The summed E-state index contributed by atoms with van der Waals surface area (Å²) in [6, 6.07) is 9.35. The number of fused-ring (bicyclic) bond motifs is 1. The molecule has 17 heavy (non-hydrogen) atoms. The number of hydrogen-bond acceptors (Lipinski definition) is 2. The molecule has 1 N–H and O–H groups in total. The Kier molecular flexibility index (Phi) is 5.20. The van der Waals surface area contributed by atoms with Crippen molar-refractivity contribution in [1.29, 1.82) is 0 Å². The monoisotopic (exact) mass is 269 g/mol. The molecule has 0 radical (unpaired) electrons. The predicted octanol–water partition coefficient (Wildman–Crippen LogP) is 3.87. The zero-order valence-corrected chi connectivity index (χ0v) is 11.9. The number of halogens is 1. The Labute approximate surface area is 113 Å². The molecule has 1 nitrogen and oxygen atoms in total. The minimum Gasteiger partial charge on any atom is -0.314 e. The summed E-state index contributed by atoms with van der Waals surface area (Å²) >= 11 is 7.69. The Bertz CT molecular complexity index is 356. The first-order valence-corrected chi connectivity index (χ1v) is 7.84. The van der Waals surface area contributed by atoms with E-state index in [9.17, 15) is 0 Å². The van der Waals surface area contributed by atoms with Crippen molar-refractivity contribution >= 4 is 23.4 Å². The zero-order valence-electron chi connectivity index (χ0n) is 10.3. The molecular formula is C14H20ClNS. The molecule has 1 aliphatic rings. The van der Waals surface area contributed by atoms with Gasteiger partial charge in [0.25, 0.3) is 0 Å². The van der Waals surface area contributed by atoms with Gasteiger partial charge >= 0.3 is 0 Å². The Morgan fingerprint density at radius 1 is 1.47 bits per heavy atom. The molecule has 94 valence electrons. The molecule has 0 amide bonds. The van der Waals surface area contributed by atoms with Crippen LogP contribution < -0.4 is 5.32 Å². The van der Waals surface area contributed by atoms with Gasteiger partial charge in [0.2, 0.25) is 0 Å². The molecule has 0 bridgehead atoms. The van der Waals surface area contributed by atoms with Crippen LogP contribution in [-0.4, -0.2) is 24.2 Å². The molecule has 1 aliphatic heterocycles. The molecule has 0 aliphatic carbocycles. The van der Waals surface area contributed by atoms with Gasteiger partial charge in [-0.3, -0.25) is 0 Å². The van der Waals surface area contributed by atoms with Crippen LogP contribution in [0.3, 0.4) is 0 Å². The van der Waals surface area contributed by atoms with Gasteiger partial charge < -0.3 is 5.32 Å². The Hall–Kier alpha value is -0.180. The van der Waals surface area contributed by atoms with E-state index in [1.165, 1.54) is 22.6 Å². The summed E-state index contributed by atoms with van der Waals surface area (Å²) in [6.45, 7) is 3.34. The largest absolute Gasteiger partial charge is 0.314 e. The van der Waals surface area contributed by atoms with Crippen LogP contribution in [0, 0.1) is 0 Å². The molecule has 0 aromatic heterocycles. The molecule has 1 aromatic carbocycles. The SMILES string of the molecule is CC(CCCCl)NCC1CSc2ccccc21. The molecule has 2 unspecified atom stereocenters. The van der Waals surface area contributed by atoms with Crippen LogP contribution >= 0.6 is 23.4 Å². The summed E-state index contributed by atoms with van der Waals surface area (Å²) < 4.78 is 0. The van der Waals surface area contributed by atoms with Gasteiger partial charge in [0.05, 0.1) is 0 Å². The highest BCUT2D eigenvalue weighted by atomic mass is 35.5. The van der Waals surface area contributed by atoms with Crippen molar-refractivity contribution in [3.63, 3.8) is 0 Å². The summed E-state index contributed by atoms with van der Waals surface area (Å²) in [5.74, 6) is 2.66. The highest BCUT2D eigenvalue weighted by Crippen LogP contribution is 2.38. The molecule has 0 spiro atoms. The van der Waals surface area contributed by atoms with Gasteiger partial charge in [-0.25, -0.2) is 0 Å². The second-order valence-electron chi connectivity index (χ2n) is 4.69. The van der Waals surface area contributed by atoms with Gasteiger partial charge in [0.15, 0.2) is 0 Å². The topological polar surface area (TPSA) is 12.0 Å². The van der Waals surface area contributed by atoms with E-state index in [2.05, 4.69) is 36.5 Å². The van der Waals surface area contributed by atoms with Crippen LogP contribution in [0.2, 0.25) is 0 Å². The molecular weight excluding hydrogens is 250 g/mol. The zero-order chi connectivity index (χ0) is 12.1. The normalized spacial score (nSPS) is 20.2. The average molecular weight is 270 g/mol. The van der Waals surface area contributed by atoms with Gasteiger partial charge in [0, 0.05) is 35.0 Å². The quantitative estimate of drug-likeness (QED) is 0.787. The van der Waals surface area contributed by atoms with E-state index in [0.29, 0.717) is 12.0 Å². The average Bonchev–Trinajstić information content (AvgIpc) is 2.77. The number of thioether (sulfide) groups is 1. The summed E-state index contributed by atoms with van der Waals surface area (Å²) in [5, 5.41) is 3.63. The van der Waals surface area contributed by atoms with E-state index in [0.717, 1.165) is 18.8 Å². The maximum Gasteiger partial charge on any atom is 0.0224 e. The lowest BCUT2D eigenvalue weighted by Crippen LogP contribution is -2.30. The maximum absolute atomic E-state index is 5.71. The molecule has 0 fully saturated rings. The van der Waals surface area contributed by atoms with E-state index >= 15 is 0 Å². The van der Waals surface area contributed by atoms with Gasteiger partial charge in [-0.2, -0.15) is 0 Å². The van der Waals surface area contributed by atoms with Crippen LogP contribution in [0.15, 0.2) is 29.2 Å². The van der Waals surface area contributed by atoms with Gasteiger partial charge in [0.1, 0.15) is 0 Å². The molecule has 0 saturated carbocycles. The van der Waals surface area contributed by atoms with E-state index < -0.39 is 0 Å². The van der Waals surface area contributed by atoms with Crippen LogP contribution in [-0.2, 0) is 0 Å². The van der Waals surface area contributed by atoms with E-state index in [1.54, 1.807) is 0 Å². The van der Waals surface area contributed by atoms with Crippen molar-refractivity contribution in [3.8, 4) is 0 Å². The number of benzene rings is 1. The van der Waals surface area contributed by atoms with Crippen molar-refractivity contribution in [2.75, 3.05) is 18.2 Å². The predicted molar refractivity (Wildman–Crippen MR) is 77.3 cm³/mol. The highest BCUT2D eigenvalue weighted by molar-refractivity contribution is 7.99. The van der Waals surface area contributed by atoms with Gasteiger partial charge in [-0.05, 0) is 31.4 Å². The highest BCUT2D eigenvalue weighted by Gasteiger charge is 2.22. The van der Waals surface area contributed by atoms with Crippen molar-refractivity contribution < 1.29 is 0 Å². The second-order valence-corrected chi connectivity index (χ2v) is 6.13. The van der Waals surface area contributed by atoms with Crippen molar-refractivity contribution in [3.05, 3.63) is 29.8 Å². The van der Waals surface area contributed by atoms with Crippen molar-refractivity contribution in [1.82, 2.24) is 5.32 Å². The minimum absolute atomic E-state index is 0.575. The van der Waals surface area contributed by atoms with Crippen LogP contribution in [0.5, 0.6) is 0 Å². The number of nitrogens with one attached hydrogen (secondary N) is 1. The Balaban J connectivity index is 1.81. The number of hydrogen-bond donors (Lipinski definition) is 1. The summed E-state index contributed by atoms with van der Waals surface area (Å²) in [7, 11) is 0. The second kappa shape index (κ2) is 6.67. The first-order valence-electron chi connectivity index (χ1n) is 6.32. The molecule has 2 rings (SSSR count). The Morgan fingerprint density at radius 2 is 2.29 bits per heavy atom. The van der Waals surface area contributed by atoms with E-state index in [-0.39, 0.29) is 0 Å². The Morgan fingerprint density at radius 3 is 3.12 bits per heavy atom. The molecule has 0 saturated heterocycles. The molecule has 1 aromatic rings. The molecule has 1 heterocycles. The third-order valence-corrected chi connectivity index (χ3v) is 4.80. The van der Waals surface area contributed by atoms with Crippen LogP contribution in [0.4, 0.5) is 0 Å². The van der Waals surface area contributed by atoms with Crippen molar-refractivity contribution in [2.45, 2.75) is 36.6 Å².